The van der Waals surface area contributed by atoms with Gasteiger partial charge in [0.05, 0.1) is 0 Å². The molecular weight excluding hydrogens is 184 g/mol. The van der Waals surface area contributed by atoms with Crippen molar-refractivity contribution in [3.05, 3.63) is 12.2 Å². The molecule has 15 heavy (non-hydrogen) atoms. The van der Waals surface area contributed by atoms with E-state index >= 15 is 0 Å². The van der Waals surface area contributed by atoms with Gasteiger partial charge < -0.3 is 5.32 Å². The summed E-state index contributed by atoms with van der Waals surface area (Å²) in [5, 5.41) is 3.16. The Morgan fingerprint density at radius 2 is 2.00 bits per heavy atom. The highest BCUT2D eigenvalue weighted by Crippen LogP contribution is 2.33. The normalized spacial score (nSPS) is 21.5. The lowest BCUT2D eigenvalue weighted by Crippen LogP contribution is -2.39. The van der Waals surface area contributed by atoms with E-state index in [1.165, 1.54) is 37.9 Å². The van der Waals surface area contributed by atoms with Crippen LogP contribution < -0.4 is 5.32 Å². The minimum absolute atomic E-state index is 0.598. The number of likely N-dealkylation sites (tertiary alicyclic amines) is 1. The van der Waals surface area contributed by atoms with Crippen molar-refractivity contribution < 1.29 is 0 Å². The fraction of sp³-hybridized carbons (Fsp3) is 0.846. The molecule has 0 unspecified atom stereocenters. The van der Waals surface area contributed by atoms with E-state index in [4.69, 9.17) is 0 Å². The molecule has 1 fully saturated rings. The SMILES string of the molecule is C=C(CNC)CN1CCC(C)(CC)CC1. The van der Waals surface area contributed by atoms with Crippen molar-refractivity contribution in [3.8, 4) is 0 Å². The molecule has 0 aromatic heterocycles. The summed E-state index contributed by atoms with van der Waals surface area (Å²) in [6.45, 7) is 13.3. The summed E-state index contributed by atoms with van der Waals surface area (Å²) in [4.78, 5) is 2.54. The second kappa shape index (κ2) is 5.66. The van der Waals surface area contributed by atoms with Gasteiger partial charge in [-0.3, -0.25) is 4.90 Å². The van der Waals surface area contributed by atoms with Gasteiger partial charge in [-0.25, -0.2) is 0 Å². The van der Waals surface area contributed by atoms with Gasteiger partial charge in [0.15, 0.2) is 0 Å². The molecule has 2 nitrogen and oxygen atoms in total. The Bertz CT molecular complexity index is 203. The molecule has 0 aromatic carbocycles. The Hall–Kier alpha value is -0.340. The van der Waals surface area contributed by atoms with E-state index in [-0.39, 0.29) is 0 Å². The molecule has 1 heterocycles. The number of rotatable bonds is 5. The predicted octanol–water partition coefficient (Wildman–Crippen LogP) is 2.27. The molecule has 0 spiro atoms. The summed E-state index contributed by atoms with van der Waals surface area (Å²) < 4.78 is 0. The summed E-state index contributed by atoms with van der Waals surface area (Å²) in [6, 6.07) is 0. The highest BCUT2D eigenvalue weighted by Gasteiger charge is 2.27. The Morgan fingerprint density at radius 3 is 2.47 bits per heavy atom. The van der Waals surface area contributed by atoms with Crippen LogP contribution >= 0.6 is 0 Å². The quantitative estimate of drug-likeness (QED) is 0.700. The maximum absolute atomic E-state index is 4.09. The molecule has 0 aromatic rings. The fourth-order valence-electron chi connectivity index (χ4n) is 2.23. The van der Waals surface area contributed by atoms with Gasteiger partial charge in [-0.2, -0.15) is 0 Å². The number of nitrogens with zero attached hydrogens (tertiary/aromatic N) is 1. The van der Waals surface area contributed by atoms with Crippen LogP contribution in [-0.2, 0) is 0 Å². The summed E-state index contributed by atoms with van der Waals surface area (Å²) in [6.07, 6.45) is 4.00. The Balaban J connectivity index is 2.28. The molecular formula is C13H26N2. The van der Waals surface area contributed by atoms with E-state index in [2.05, 4.69) is 30.6 Å². The molecule has 0 saturated carbocycles. The third kappa shape index (κ3) is 3.96. The van der Waals surface area contributed by atoms with Crippen LogP contribution in [0.2, 0.25) is 0 Å². The lowest BCUT2D eigenvalue weighted by atomic mass is 9.78. The molecule has 1 aliphatic rings. The molecule has 2 heteroatoms. The van der Waals surface area contributed by atoms with Crippen LogP contribution in [0.1, 0.15) is 33.1 Å². The molecule has 0 aliphatic carbocycles. The Labute approximate surface area is 94.7 Å². The van der Waals surface area contributed by atoms with Gasteiger partial charge in [0.25, 0.3) is 0 Å². The zero-order valence-electron chi connectivity index (χ0n) is 10.6. The van der Waals surface area contributed by atoms with Crippen molar-refractivity contribution in [2.45, 2.75) is 33.1 Å². The van der Waals surface area contributed by atoms with Crippen molar-refractivity contribution in [1.82, 2.24) is 10.2 Å². The first-order chi connectivity index (χ1) is 7.09. The van der Waals surface area contributed by atoms with Crippen molar-refractivity contribution in [2.24, 2.45) is 5.41 Å². The zero-order valence-corrected chi connectivity index (χ0v) is 10.6. The topological polar surface area (TPSA) is 15.3 Å². The molecule has 1 saturated heterocycles. The van der Waals surface area contributed by atoms with Crippen LogP contribution in [0, 0.1) is 5.41 Å². The van der Waals surface area contributed by atoms with Crippen molar-refractivity contribution in [1.29, 1.82) is 0 Å². The van der Waals surface area contributed by atoms with Crippen molar-refractivity contribution >= 4 is 0 Å². The van der Waals surface area contributed by atoms with Crippen LogP contribution in [0.5, 0.6) is 0 Å². The molecule has 88 valence electrons. The van der Waals surface area contributed by atoms with Crippen molar-refractivity contribution in [3.63, 3.8) is 0 Å². The first kappa shape index (κ1) is 12.7. The highest BCUT2D eigenvalue weighted by atomic mass is 15.1. The van der Waals surface area contributed by atoms with E-state index in [0.29, 0.717) is 5.41 Å². The number of nitrogens with one attached hydrogen (secondary N) is 1. The average molecular weight is 210 g/mol. The number of hydrogen-bond acceptors (Lipinski definition) is 2. The lowest BCUT2D eigenvalue weighted by Gasteiger charge is -2.39. The second-order valence-corrected chi connectivity index (χ2v) is 5.22. The molecule has 0 amide bonds. The number of likely N-dealkylation sites (N-methyl/N-ethyl adjacent to an activating group) is 1. The molecule has 1 aliphatic heterocycles. The second-order valence-electron chi connectivity index (χ2n) is 5.22. The van der Waals surface area contributed by atoms with E-state index in [1.54, 1.807) is 0 Å². The number of piperidine rings is 1. The monoisotopic (exact) mass is 210 g/mol. The van der Waals surface area contributed by atoms with Crippen LogP contribution in [-0.4, -0.2) is 38.1 Å². The lowest BCUT2D eigenvalue weighted by molar-refractivity contribution is 0.122. The third-order valence-corrected chi connectivity index (χ3v) is 3.79. The van der Waals surface area contributed by atoms with Gasteiger partial charge in [-0.1, -0.05) is 26.8 Å². The maximum Gasteiger partial charge on any atom is 0.0202 e. The summed E-state index contributed by atoms with van der Waals surface area (Å²) in [5.41, 5.74) is 1.90. The van der Waals surface area contributed by atoms with Crippen LogP contribution in [0.15, 0.2) is 12.2 Å². The van der Waals surface area contributed by atoms with Gasteiger partial charge in [0.1, 0.15) is 0 Å². The van der Waals surface area contributed by atoms with Crippen LogP contribution in [0.4, 0.5) is 0 Å². The maximum atomic E-state index is 4.09. The van der Waals surface area contributed by atoms with Gasteiger partial charge in [-0.15, -0.1) is 0 Å². The van der Waals surface area contributed by atoms with Gasteiger partial charge in [0.2, 0.25) is 0 Å². The molecule has 0 bridgehead atoms. The van der Waals surface area contributed by atoms with Gasteiger partial charge >= 0.3 is 0 Å². The van der Waals surface area contributed by atoms with E-state index in [0.717, 1.165) is 13.1 Å². The van der Waals surface area contributed by atoms with E-state index in [1.807, 2.05) is 7.05 Å². The fourth-order valence-corrected chi connectivity index (χ4v) is 2.23. The molecule has 0 atom stereocenters. The minimum Gasteiger partial charge on any atom is -0.316 e. The Kier molecular flexibility index (Phi) is 4.81. The standard InChI is InChI=1S/C13H26N2/c1-5-13(3)6-8-15(9-7-13)11-12(2)10-14-4/h14H,2,5-11H2,1,3-4H3. The summed E-state index contributed by atoms with van der Waals surface area (Å²) in [7, 11) is 1.98. The Morgan fingerprint density at radius 1 is 1.40 bits per heavy atom. The molecule has 0 radical (unpaired) electrons. The first-order valence-electron chi connectivity index (χ1n) is 6.13. The zero-order chi connectivity index (χ0) is 11.3. The van der Waals surface area contributed by atoms with Gasteiger partial charge in [-0.05, 0) is 44.0 Å². The van der Waals surface area contributed by atoms with Crippen molar-refractivity contribution in [2.75, 3.05) is 33.2 Å². The molecule has 1 rings (SSSR count). The number of hydrogen-bond donors (Lipinski definition) is 1. The predicted molar refractivity (Wildman–Crippen MR) is 67.1 cm³/mol. The summed E-state index contributed by atoms with van der Waals surface area (Å²) >= 11 is 0. The first-order valence-corrected chi connectivity index (χ1v) is 6.13. The minimum atomic E-state index is 0.598. The van der Waals surface area contributed by atoms with E-state index < -0.39 is 0 Å². The van der Waals surface area contributed by atoms with Crippen LogP contribution in [0.3, 0.4) is 0 Å². The van der Waals surface area contributed by atoms with E-state index in [9.17, 15) is 0 Å². The van der Waals surface area contributed by atoms with Crippen LogP contribution in [0.25, 0.3) is 0 Å². The third-order valence-electron chi connectivity index (χ3n) is 3.79. The smallest absolute Gasteiger partial charge is 0.0202 e. The largest absolute Gasteiger partial charge is 0.316 e. The van der Waals surface area contributed by atoms with Gasteiger partial charge in [0, 0.05) is 13.1 Å². The highest BCUT2D eigenvalue weighted by molar-refractivity contribution is 5.00. The molecule has 1 N–H and O–H groups in total. The average Bonchev–Trinajstić information content (AvgIpc) is 2.22. The summed E-state index contributed by atoms with van der Waals surface area (Å²) in [5.74, 6) is 0.